The molecule has 4 nitrogen and oxygen atoms in total. The van der Waals surface area contributed by atoms with Crippen molar-refractivity contribution in [2.24, 2.45) is 11.8 Å². The maximum Gasteiger partial charge on any atom is 0.433 e. The molecule has 2 atom stereocenters. The minimum Gasteiger partial charge on any atom is -0.370 e. The first kappa shape index (κ1) is 14.9. The summed E-state index contributed by atoms with van der Waals surface area (Å²) in [5, 5.41) is 2.96. The smallest absolute Gasteiger partial charge is 0.370 e. The quantitative estimate of drug-likeness (QED) is 0.895. The van der Waals surface area contributed by atoms with Gasteiger partial charge in [-0.05, 0) is 24.7 Å². The van der Waals surface area contributed by atoms with E-state index < -0.39 is 11.9 Å². The molecule has 2 rings (SSSR count). The molecule has 1 aliphatic carbocycles. The molecule has 1 aromatic heterocycles. The molecule has 0 bridgehead atoms. The molecule has 1 aliphatic rings. The molecule has 0 amide bonds. The van der Waals surface area contributed by atoms with Gasteiger partial charge in [0.1, 0.15) is 5.82 Å². The van der Waals surface area contributed by atoms with Gasteiger partial charge in [0.2, 0.25) is 5.95 Å². The summed E-state index contributed by atoms with van der Waals surface area (Å²) in [6, 6.07) is 0.905. The second-order valence-electron chi connectivity index (χ2n) is 5.51. The highest BCUT2D eigenvalue weighted by atomic mass is 19.4. The largest absolute Gasteiger partial charge is 0.433 e. The lowest BCUT2D eigenvalue weighted by molar-refractivity contribution is -0.141. The average molecular weight is 288 g/mol. The molecule has 20 heavy (non-hydrogen) atoms. The number of anilines is 2. The van der Waals surface area contributed by atoms with Crippen LogP contribution in [0.1, 0.15) is 38.3 Å². The number of rotatable bonds is 3. The molecule has 0 radical (unpaired) electrons. The Morgan fingerprint density at radius 2 is 2.10 bits per heavy atom. The van der Waals surface area contributed by atoms with Crippen LogP contribution >= 0.6 is 0 Å². The van der Waals surface area contributed by atoms with Crippen LogP contribution in [0.25, 0.3) is 0 Å². The van der Waals surface area contributed by atoms with E-state index >= 15 is 0 Å². The first-order valence-corrected chi connectivity index (χ1v) is 6.80. The topological polar surface area (TPSA) is 63.8 Å². The molecule has 0 spiro atoms. The van der Waals surface area contributed by atoms with Crippen LogP contribution in [-0.4, -0.2) is 16.5 Å². The predicted molar refractivity (Wildman–Crippen MR) is 71.1 cm³/mol. The fourth-order valence-electron chi connectivity index (χ4n) is 2.70. The first-order chi connectivity index (χ1) is 9.34. The van der Waals surface area contributed by atoms with Crippen molar-refractivity contribution in [2.75, 3.05) is 17.6 Å². The van der Waals surface area contributed by atoms with Crippen LogP contribution in [0.15, 0.2) is 6.07 Å². The highest BCUT2D eigenvalue weighted by Gasteiger charge is 2.33. The number of hydrogen-bond donors (Lipinski definition) is 2. The Kier molecular flexibility index (Phi) is 4.35. The first-order valence-electron chi connectivity index (χ1n) is 6.80. The predicted octanol–water partition coefficient (Wildman–Crippen LogP) is 3.32. The van der Waals surface area contributed by atoms with Crippen molar-refractivity contribution in [3.05, 3.63) is 11.8 Å². The van der Waals surface area contributed by atoms with Gasteiger partial charge in [-0.15, -0.1) is 0 Å². The van der Waals surface area contributed by atoms with Gasteiger partial charge in [0.15, 0.2) is 5.69 Å². The highest BCUT2D eigenvalue weighted by Crippen LogP contribution is 2.30. The maximum absolute atomic E-state index is 12.6. The minimum absolute atomic E-state index is 0.142. The fourth-order valence-corrected chi connectivity index (χ4v) is 2.70. The Balaban J connectivity index is 2.00. The van der Waals surface area contributed by atoms with E-state index in [2.05, 4.69) is 22.2 Å². The second kappa shape index (κ2) is 5.85. The van der Waals surface area contributed by atoms with E-state index in [9.17, 15) is 13.2 Å². The Labute approximate surface area is 116 Å². The zero-order chi connectivity index (χ0) is 14.8. The SMILES string of the molecule is CC1CCCC(CNc2cc(C(F)(F)F)nc(N)n2)C1. The van der Waals surface area contributed by atoms with Crippen molar-refractivity contribution in [2.45, 2.75) is 38.8 Å². The van der Waals surface area contributed by atoms with Gasteiger partial charge in [-0.3, -0.25) is 0 Å². The van der Waals surface area contributed by atoms with Crippen LogP contribution in [0.4, 0.5) is 24.9 Å². The van der Waals surface area contributed by atoms with Gasteiger partial charge in [0, 0.05) is 12.6 Å². The van der Waals surface area contributed by atoms with E-state index in [4.69, 9.17) is 5.73 Å². The van der Waals surface area contributed by atoms with E-state index in [0.717, 1.165) is 18.9 Å². The van der Waals surface area contributed by atoms with Gasteiger partial charge >= 0.3 is 6.18 Å². The molecule has 1 aromatic rings. The number of nitrogens with zero attached hydrogens (tertiary/aromatic N) is 2. The van der Waals surface area contributed by atoms with Crippen LogP contribution in [0.5, 0.6) is 0 Å². The third-order valence-electron chi connectivity index (χ3n) is 3.65. The summed E-state index contributed by atoms with van der Waals surface area (Å²) in [5.74, 6) is 0.934. The average Bonchev–Trinajstić information content (AvgIpc) is 2.35. The van der Waals surface area contributed by atoms with E-state index in [-0.39, 0.29) is 11.8 Å². The summed E-state index contributed by atoms with van der Waals surface area (Å²) in [6.07, 6.45) is 0.0962. The molecule has 0 aromatic carbocycles. The van der Waals surface area contributed by atoms with Crippen LogP contribution in [0, 0.1) is 11.8 Å². The molecule has 112 valence electrons. The van der Waals surface area contributed by atoms with E-state index in [1.807, 2.05) is 0 Å². The molecule has 1 heterocycles. The molecule has 0 saturated heterocycles. The highest BCUT2D eigenvalue weighted by molar-refractivity contribution is 5.41. The number of aromatic nitrogens is 2. The zero-order valence-corrected chi connectivity index (χ0v) is 11.4. The molecule has 2 unspecified atom stereocenters. The van der Waals surface area contributed by atoms with E-state index in [1.54, 1.807) is 0 Å². The molecule has 7 heteroatoms. The van der Waals surface area contributed by atoms with Crippen molar-refractivity contribution in [1.29, 1.82) is 0 Å². The van der Waals surface area contributed by atoms with Crippen molar-refractivity contribution >= 4 is 11.8 Å². The molecular weight excluding hydrogens is 269 g/mol. The summed E-state index contributed by atoms with van der Waals surface area (Å²) in [7, 11) is 0. The summed E-state index contributed by atoms with van der Waals surface area (Å²) in [6.45, 7) is 2.83. The fraction of sp³-hybridized carbons (Fsp3) is 0.692. The number of nitrogen functional groups attached to an aromatic ring is 1. The standard InChI is InChI=1S/C13H19F3N4/c1-8-3-2-4-9(5-8)7-18-11-6-10(13(14,15)16)19-12(17)20-11/h6,8-9H,2-5,7H2,1H3,(H3,17,18,19,20). The number of hydrogen-bond acceptors (Lipinski definition) is 4. The maximum atomic E-state index is 12.6. The van der Waals surface area contributed by atoms with Gasteiger partial charge < -0.3 is 11.1 Å². The molecule has 3 N–H and O–H groups in total. The number of halogens is 3. The number of alkyl halides is 3. The van der Waals surface area contributed by atoms with Gasteiger partial charge in [-0.2, -0.15) is 18.2 Å². The monoisotopic (exact) mass is 288 g/mol. The lowest BCUT2D eigenvalue weighted by atomic mass is 9.82. The third-order valence-corrected chi connectivity index (χ3v) is 3.65. The lowest BCUT2D eigenvalue weighted by Crippen LogP contribution is -2.22. The van der Waals surface area contributed by atoms with Crippen LogP contribution in [-0.2, 0) is 6.18 Å². The molecular formula is C13H19F3N4. The molecule has 1 fully saturated rings. The number of nitrogens with one attached hydrogen (secondary N) is 1. The second-order valence-corrected chi connectivity index (χ2v) is 5.51. The van der Waals surface area contributed by atoms with Gasteiger partial charge in [0.25, 0.3) is 0 Å². The van der Waals surface area contributed by atoms with Gasteiger partial charge in [-0.25, -0.2) is 4.98 Å². The van der Waals surface area contributed by atoms with E-state index in [0.29, 0.717) is 18.4 Å². The van der Waals surface area contributed by atoms with Gasteiger partial charge in [0.05, 0.1) is 0 Å². The van der Waals surface area contributed by atoms with E-state index in [1.165, 1.54) is 12.8 Å². The Hall–Kier alpha value is -1.53. The normalized spacial score (nSPS) is 23.6. The van der Waals surface area contributed by atoms with Crippen molar-refractivity contribution in [3.63, 3.8) is 0 Å². The van der Waals surface area contributed by atoms with Crippen molar-refractivity contribution in [3.8, 4) is 0 Å². The van der Waals surface area contributed by atoms with Crippen LogP contribution < -0.4 is 11.1 Å². The van der Waals surface area contributed by atoms with Crippen LogP contribution in [0.3, 0.4) is 0 Å². The van der Waals surface area contributed by atoms with Gasteiger partial charge in [-0.1, -0.05) is 19.8 Å². The summed E-state index contributed by atoms with van der Waals surface area (Å²) < 4.78 is 37.9. The van der Waals surface area contributed by atoms with Crippen molar-refractivity contribution in [1.82, 2.24) is 9.97 Å². The summed E-state index contributed by atoms with van der Waals surface area (Å²) in [4.78, 5) is 7.02. The number of nitrogens with two attached hydrogens (primary N) is 1. The Bertz CT molecular complexity index is 461. The Morgan fingerprint density at radius 1 is 1.35 bits per heavy atom. The Morgan fingerprint density at radius 3 is 2.75 bits per heavy atom. The zero-order valence-electron chi connectivity index (χ0n) is 11.4. The molecule has 0 aliphatic heterocycles. The minimum atomic E-state index is -4.51. The molecule has 1 saturated carbocycles. The van der Waals surface area contributed by atoms with Crippen molar-refractivity contribution < 1.29 is 13.2 Å². The third kappa shape index (κ3) is 3.98. The lowest BCUT2D eigenvalue weighted by Gasteiger charge is -2.27. The summed E-state index contributed by atoms with van der Waals surface area (Å²) >= 11 is 0. The van der Waals surface area contributed by atoms with Crippen LogP contribution in [0.2, 0.25) is 0 Å². The summed E-state index contributed by atoms with van der Waals surface area (Å²) in [5.41, 5.74) is 4.31.